The molecule has 0 heterocycles. The predicted octanol–water partition coefficient (Wildman–Crippen LogP) is 8.61. The molecule has 38 heavy (non-hydrogen) atoms. The van der Waals surface area contributed by atoms with Crippen molar-refractivity contribution in [2.24, 2.45) is 9.98 Å². The second-order valence-corrected chi connectivity index (χ2v) is 14.7. The van der Waals surface area contributed by atoms with E-state index in [2.05, 4.69) is 117 Å². The molecule has 0 radical (unpaired) electrons. The number of nitrogens with zero attached hydrogens (tertiary/aromatic N) is 2. The SMILES string of the molecule is CC(C)(C)c1cc(C=NCCCCN=Cc2cc(C(C)(C)C)c(O)c(C(C)(C)C)c2)cc(C(C)(C)C)c1O. The molecule has 0 atom stereocenters. The molecule has 2 aromatic rings. The van der Waals surface area contributed by atoms with Crippen LogP contribution in [0.4, 0.5) is 0 Å². The Bertz CT molecular complexity index is 997. The van der Waals surface area contributed by atoms with E-state index in [1.54, 1.807) is 0 Å². The molecule has 0 unspecified atom stereocenters. The van der Waals surface area contributed by atoms with E-state index in [9.17, 15) is 10.2 Å². The van der Waals surface area contributed by atoms with E-state index in [1.165, 1.54) is 0 Å². The molecular weight excluding hydrogens is 468 g/mol. The standard InChI is InChI=1S/C34H52N2O2/c1-31(2,3)25-17-23(18-26(29(25)37)32(4,5)6)21-35-15-13-14-16-36-22-24-19-27(33(7,8)9)30(38)28(20-24)34(10,11)12/h17-22,37-38H,13-16H2,1-12H3. The minimum Gasteiger partial charge on any atom is -0.507 e. The highest BCUT2D eigenvalue weighted by Gasteiger charge is 2.27. The van der Waals surface area contributed by atoms with Gasteiger partial charge in [-0.1, -0.05) is 83.1 Å². The Kier molecular flexibility index (Phi) is 9.67. The molecule has 0 bridgehead atoms. The Labute approximate surface area is 232 Å². The van der Waals surface area contributed by atoms with Gasteiger partial charge in [0.2, 0.25) is 0 Å². The maximum Gasteiger partial charge on any atom is 0.123 e. The fraction of sp³-hybridized carbons (Fsp3) is 0.588. The second kappa shape index (κ2) is 11.6. The van der Waals surface area contributed by atoms with Gasteiger partial charge in [0, 0.05) is 47.8 Å². The van der Waals surface area contributed by atoms with Gasteiger partial charge in [-0.3, -0.25) is 9.98 Å². The summed E-state index contributed by atoms with van der Waals surface area (Å²) in [6, 6.07) is 8.25. The normalized spacial score (nSPS) is 13.7. The maximum atomic E-state index is 10.9. The molecule has 0 spiro atoms. The Balaban J connectivity index is 2.05. The van der Waals surface area contributed by atoms with Gasteiger partial charge in [0.1, 0.15) is 11.5 Å². The summed E-state index contributed by atoms with van der Waals surface area (Å²) in [4.78, 5) is 9.35. The van der Waals surface area contributed by atoms with Crippen molar-refractivity contribution in [2.45, 2.75) is 118 Å². The Morgan fingerprint density at radius 2 is 0.737 bits per heavy atom. The summed E-state index contributed by atoms with van der Waals surface area (Å²) in [6.45, 7) is 27.0. The van der Waals surface area contributed by atoms with Crippen LogP contribution < -0.4 is 0 Å². The number of hydrogen-bond donors (Lipinski definition) is 2. The van der Waals surface area contributed by atoms with E-state index >= 15 is 0 Å². The van der Waals surface area contributed by atoms with Crippen molar-refractivity contribution < 1.29 is 10.2 Å². The third-order valence-corrected chi connectivity index (χ3v) is 6.80. The first-order chi connectivity index (χ1) is 17.2. The summed E-state index contributed by atoms with van der Waals surface area (Å²) in [5.41, 5.74) is 5.31. The number of phenols is 2. The van der Waals surface area contributed by atoms with Gasteiger partial charge in [0.05, 0.1) is 0 Å². The number of rotatable bonds is 7. The van der Waals surface area contributed by atoms with Crippen molar-refractivity contribution in [3.05, 3.63) is 57.6 Å². The lowest BCUT2D eigenvalue weighted by atomic mass is 9.78. The molecule has 210 valence electrons. The number of phenolic OH excluding ortho intramolecular Hbond substituents is 2. The van der Waals surface area contributed by atoms with Gasteiger partial charge in [-0.2, -0.15) is 0 Å². The van der Waals surface area contributed by atoms with Crippen molar-refractivity contribution >= 4 is 12.4 Å². The molecule has 0 aliphatic heterocycles. The van der Waals surface area contributed by atoms with E-state index in [0.717, 1.165) is 59.3 Å². The highest BCUT2D eigenvalue weighted by Crippen LogP contribution is 2.40. The summed E-state index contributed by atoms with van der Waals surface area (Å²) < 4.78 is 0. The molecule has 2 aromatic carbocycles. The van der Waals surface area contributed by atoms with Crippen LogP contribution in [0.3, 0.4) is 0 Å². The topological polar surface area (TPSA) is 65.2 Å². The Morgan fingerprint density at radius 1 is 0.500 bits per heavy atom. The molecule has 2 rings (SSSR count). The number of aromatic hydroxyl groups is 2. The van der Waals surface area contributed by atoms with Gasteiger partial charge in [0.25, 0.3) is 0 Å². The van der Waals surface area contributed by atoms with Gasteiger partial charge < -0.3 is 10.2 Å². The lowest BCUT2D eigenvalue weighted by Gasteiger charge is -2.27. The first-order valence-electron chi connectivity index (χ1n) is 14.0. The lowest BCUT2D eigenvalue weighted by Crippen LogP contribution is -2.18. The number of hydrogen-bond acceptors (Lipinski definition) is 4. The number of aliphatic imine (C=N–C) groups is 2. The van der Waals surface area contributed by atoms with Gasteiger partial charge in [-0.15, -0.1) is 0 Å². The summed E-state index contributed by atoms with van der Waals surface area (Å²) >= 11 is 0. The van der Waals surface area contributed by atoms with E-state index in [-0.39, 0.29) is 21.7 Å². The van der Waals surface area contributed by atoms with Crippen LogP contribution in [0, 0.1) is 0 Å². The van der Waals surface area contributed by atoms with Gasteiger partial charge in [-0.05, 0) is 69.9 Å². The number of unbranched alkanes of at least 4 members (excludes halogenated alkanes) is 1. The summed E-state index contributed by atoms with van der Waals surface area (Å²) in [5, 5.41) is 21.8. The Hall–Kier alpha value is -2.62. The third-order valence-electron chi connectivity index (χ3n) is 6.80. The zero-order valence-corrected chi connectivity index (χ0v) is 26.1. The predicted molar refractivity (Wildman–Crippen MR) is 165 cm³/mol. The fourth-order valence-corrected chi connectivity index (χ4v) is 4.50. The van der Waals surface area contributed by atoms with Crippen LogP contribution in [0.1, 0.15) is 129 Å². The average Bonchev–Trinajstić information content (AvgIpc) is 2.74. The fourth-order valence-electron chi connectivity index (χ4n) is 4.50. The summed E-state index contributed by atoms with van der Waals surface area (Å²) in [7, 11) is 0. The monoisotopic (exact) mass is 520 g/mol. The summed E-state index contributed by atoms with van der Waals surface area (Å²) in [6.07, 6.45) is 5.79. The summed E-state index contributed by atoms with van der Waals surface area (Å²) in [5.74, 6) is 0.802. The molecule has 0 amide bonds. The Morgan fingerprint density at radius 3 is 0.947 bits per heavy atom. The van der Waals surface area contributed by atoms with Crippen LogP contribution in [0.25, 0.3) is 0 Å². The molecule has 0 aliphatic rings. The van der Waals surface area contributed by atoms with Crippen molar-refractivity contribution in [3.63, 3.8) is 0 Å². The van der Waals surface area contributed by atoms with Crippen LogP contribution in [-0.4, -0.2) is 35.7 Å². The molecular formula is C34H52N2O2. The largest absolute Gasteiger partial charge is 0.507 e. The average molecular weight is 521 g/mol. The molecule has 0 aliphatic carbocycles. The highest BCUT2D eigenvalue weighted by atomic mass is 16.3. The quantitative estimate of drug-likeness (QED) is 0.283. The van der Waals surface area contributed by atoms with Crippen LogP contribution >= 0.6 is 0 Å². The molecule has 4 nitrogen and oxygen atoms in total. The second-order valence-electron chi connectivity index (χ2n) is 14.7. The third kappa shape index (κ3) is 8.44. The van der Waals surface area contributed by atoms with E-state index < -0.39 is 0 Å². The van der Waals surface area contributed by atoms with E-state index in [4.69, 9.17) is 0 Å². The molecule has 0 saturated carbocycles. The first kappa shape index (κ1) is 31.6. The zero-order valence-electron chi connectivity index (χ0n) is 26.1. The van der Waals surface area contributed by atoms with Crippen molar-refractivity contribution in [3.8, 4) is 11.5 Å². The van der Waals surface area contributed by atoms with Gasteiger partial charge >= 0.3 is 0 Å². The minimum atomic E-state index is -0.148. The van der Waals surface area contributed by atoms with Crippen LogP contribution in [0.2, 0.25) is 0 Å². The molecule has 0 aromatic heterocycles. The molecule has 2 N–H and O–H groups in total. The van der Waals surface area contributed by atoms with Gasteiger partial charge in [-0.25, -0.2) is 0 Å². The van der Waals surface area contributed by atoms with Crippen LogP contribution in [0.15, 0.2) is 34.3 Å². The van der Waals surface area contributed by atoms with Crippen molar-refractivity contribution in [2.75, 3.05) is 13.1 Å². The number of benzene rings is 2. The smallest absolute Gasteiger partial charge is 0.123 e. The van der Waals surface area contributed by atoms with Crippen molar-refractivity contribution in [1.29, 1.82) is 0 Å². The van der Waals surface area contributed by atoms with Crippen LogP contribution in [0.5, 0.6) is 11.5 Å². The molecule has 0 saturated heterocycles. The zero-order chi connectivity index (χ0) is 29.1. The van der Waals surface area contributed by atoms with E-state index in [0.29, 0.717) is 11.5 Å². The molecule has 4 heteroatoms. The van der Waals surface area contributed by atoms with Crippen molar-refractivity contribution in [1.82, 2.24) is 0 Å². The highest BCUT2D eigenvalue weighted by molar-refractivity contribution is 5.82. The minimum absolute atomic E-state index is 0.148. The van der Waals surface area contributed by atoms with Crippen LogP contribution in [-0.2, 0) is 21.7 Å². The lowest BCUT2D eigenvalue weighted by molar-refractivity contribution is 0.422. The molecule has 0 fully saturated rings. The van der Waals surface area contributed by atoms with E-state index in [1.807, 2.05) is 12.4 Å². The maximum absolute atomic E-state index is 10.9. The van der Waals surface area contributed by atoms with Gasteiger partial charge in [0.15, 0.2) is 0 Å². The first-order valence-corrected chi connectivity index (χ1v) is 14.0.